The van der Waals surface area contributed by atoms with Crippen LogP contribution in [0.5, 0.6) is 0 Å². The molecule has 0 saturated carbocycles. The van der Waals surface area contributed by atoms with Crippen molar-refractivity contribution in [1.82, 2.24) is 14.8 Å². The summed E-state index contributed by atoms with van der Waals surface area (Å²) in [6.45, 7) is 6.09. The molecule has 0 fully saturated rings. The number of ketones is 1. The van der Waals surface area contributed by atoms with Crippen LogP contribution in [0.25, 0.3) is 0 Å². The van der Waals surface area contributed by atoms with E-state index in [1.807, 2.05) is 20.8 Å². The van der Waals surface area contributed by atoms with Crippen LogP contribution in [0.4, 0.5) is 0 Å². The van der Waals surface area contributed by atoms with Crippen molar-refractivity contribution in [3.63, 3.8) is 0 Å². The molecule has 0 N–H and O–H groups in total. The summed E-state index contributed by atoms with van der Waals surface area (Å²) in [5, 5.41) is 4.81. The Balaban J connectivity index is 2.14. The van der Waals surface area contributed by atoms with Crippen molar-refractivity contribution in [3.05, 3.63) is 56.2 Å². The lowest BCUT2D eigenvalue weighted by atomic mass is 9.70. The number of rotatable bonds is 2. The molecule has 0 aromatic carbocycles. The number of hydrogen-bond donors (Lipinski definition) is 0. The summed E-state index contributed by atoms with van der Waals surface area (Å²) in [6.07, 6.45) is 1.26. The van der Waals surface area contributed by atoms with E-state index in [0.29, 0.717) is 35.8 Å². The second-order valence-electron chi connectivity index (χ2n) is 6.12. The van der Waals surface area contributed by atoms with Crippen LogP contribution in [0.15, 0.2) is 23.0 Å². The molecule has 1 unspecified atom stereocenters. The fourth-order valence-corrected chi connectivity index (χ4v) is 3.42. The smallest absolute Gasteiger partial charge is 0.266 e. The summed E-state index contributed by atoms with van der Waals surface area (Å²) in [5.74, 6) is -0.00535. The Bertz CT molecular complexity index is 859. The average Bonchev–Trinajstić information content (AvgIpc) is 2.51. The topological polar surface area (TPSA) is 64.8 Å². The van der Waals surface area contributed by atoms with Crippen LogP contribution < -0.4 is 5.56 Å². The van der Waals surface area contributed by atoms with Gasteiger partial charge >= 0.3 is 0 Å². The number of halogens is 1. The van der Waals surface area contributed by atoms with Gasteiger partial charge in [0, 0.05) is 18.2 Å². The Hall–Kier alpha value is -2.01. The lowest BCUT2D eigenvalue weighted by molar-refractivity contribution is 0.0868. The molecule has 1 atom stereocenters. The number of carbonyl (C=O) groups excluding carboxylic acids is 1. The zero-order valence-corrected chi connectivity index (χ0v) is 14.1. The van der Waals surface area contributed by atoms with Crippen LogP contribution in [0.2, 0.25) is 5.15 Å². The average molecular weight is 332 g/mol. The number of aromatic nitrogens is 3. The first-order valence-corrected chi connectivity index (χ1v) is 8.04. The van der Waals surface area contributed by atoms with Crippen LogP contribution in [0, 0.1) is 6.92 Å². The second kappa shape index (κ2) is 5.57. The predicted octanol–water partition coefficient (Wildman–Crippen LogP) is 2.71. The summed E-state index contributed by atoms with van der Waals surface area (Å²) in [5.41, 5.74) is 1.94. The van der Waals surface area contributed by atoms with Gasteiger partial charge in [-0.3, -0.25) is 9.59 Å². The molecular weight excluding hydrogens is 314 g/mol. The third kappa shape index (κ3) is 2.49. The second-order valence-corrected chi connectivity index (χ2v) is 6.50. The van der Waals surface area contributed by atoms with Crippen LogP contribution in [0.3, 0.4) is 0 Å². The number of pyridine rings is 1. The maximum Gasteiger partial charge on any atom is 0.266 e. The van der Waals surface area contributed by atoms with E-state index in [1.54, 1.807) is 12.1 Å². The first-order valence-electron chi connectivity index (χ1n) is 7.66. The molecule has 2 aromatic heterocycles. The molecule has 23 heavy (non-hydrogen) atoms. The summed E-state index contributed by atoms with van der Waals surface area (Å²) < 4.78 is 1.39. The number of hydrogen-bond acceptors (Lipinski definition) is 4. The summed E-state index contributed by atoms with van der Waals surface area (Å²) >= 11 is 6.00. The fraction of sp³-hybridized carbons (Fsp3) is 0.412. The van der Waals surface area contributed by atoms with Crippen molar-refractivity contribution >= 4 is 17.4 Å². The zero-order valence-electron chi connectivity index (χ0n) is 13.4. The van der Waals surface area contributed by atoms with Crippen molar-refractivity contribution in [3.8, 4) is 0 Å². The lowest BCUT2D eigenvalue weighted by Crippen LogP contribution is -2.40. The minimum absolute atomic E-state index is 0.00535. The molecule has 3 rings (SSSR count). The Morgan fingerprint density at radius 2 is 2.09 bits per heavy atom. The number of aryl methyl sites for hydroxylation is 3. The molecule has 0 spiro atoms. The Labute approximate surface area is 139 Å². The van der Waals surface area contributed by atoms with Crippen LogP contribution in [0.1, 0.15) is 47.6 Å². The minimum atomic E-state index is -0.752. The zero-order chi connectivity index (χ0) is 16.8. The van der Waals surface area contributed by atoms with Crippen molar-refractivity contribution in [2.45, 2.75) is 45.6 Å². The molecule has 1 aliphatic rings. The lowest BCUT2D eigenvalue weighted by Gasteiger charge is -2.33. The van der Waals surface area contributed by atoms with Gasteiger partial charge in [-0.05, 0) is 51.3 Å². The molecule has 120 valence electrons. The van der Waals surface area contributed by atoms with E-state index in [1.165, 1.54) is 10.7 Å². The molecule has 5 nitrogen and oxygen atoms in total. The van der Waals surface area contributed by atoms with Gasteiger partial charge in [0.25, 0.3) is 5.56 Å². The molecule has 0 aliphatic heterocycles. The summed E-state index contributed by atoms with van der Waals surface area (Å²) in [7, 11) is 0. The molecule has 2 aromatic rings. The SMILES string of the molecule is CCn1nc(C2(C)CCc3nc(Cl)cc(C)c3C2=O)ccc1=O. The van der Waals surface area contributed by atoms with E-state index in [9.17, 15) is 9.59 Å². The van der Waals surface area contributed by atoms with Gasteiger partial charge in [-0.15, -0.1) is 0 Å². The van der Waals surface area contributed by atoms with Crippen molar-refractivity contribution in [2.24, 2.45) is 0 Å². The first-order chi connectivity index (χ1) is 10.9. The molecule has 2 heterocycles. The number of fused-ring (bicyclic) bond motifs is 1. The highest BCUT2D eigenvalue weighted by molar-refractivity contribution is 6.29. The van der Waals surface area contributed by atoms with Crippen molar-refractivity contribution in [1.29, 1.82) is 0 Å². The number of Topliss-reactive ketones (excluding diaryl/α,β-unsaturated/α-hetero) is 1. The van der Waals surface area contributed by atoms with Gasteiger partial charge in [-0.1, -0.05) is 11.6 Å². The van der Waals surface area contributed by atoms with E-state index in [2.05, 4.69) is 10.1 Å². The molecule has 0 radical (unpaired) electrons. The Morgan fingerprint density at radius 3 is 2.78 bits per heavy atom. The largest absolute Gasteiger partial charge is 0.293 e. The number of nitrogens with zero attached hydrogens (tertiary/aromatic N) is 3. The minimum Gasteiger partial charge on any atom is -0.293 e. The van der Waals surface area contributed by atoms with Crippen LogP contribution in [-0.2, 0) is 18.4 Å². The normalized spacial score (nSPS) is 20.4. The summed E-state index contributed by atoms with van der Waals surface area (Å²) in [4.78, 5) is 29.2. The van der Waals surface area contributed by atoms with Gasteiger partial charge in [0.05, 0.1) is 16.8 Å². The van der Waals surface area contributed by atoms with Crippen LogP contribution >= 0.6 is 11.6 Å². The van der Waals surface area contributed by atoms with Gasteiger partial charge in [-0.2, -0.15) is 5.10 Å². The predicted molar refractivity (Wildman–Crippen MR) is 88.2 cm³/mol. The maximum atomic E-state index is 13.1. The number of carbonyl (C=O) groups is 1. The third-order valence-corrected chi connectivity index (χ3v) is 4.78. The molecular formula is C17H18ClN3O2. The van der Waals surface area contributed by atoms with E-state index in [-0.39, 0.29) is 11.3 Å². The van der Waals surface area contributed by atoms with E-state index < -0.39 is 5.41 Å². The van der Waals surface area contributed by atoms with Gasteiger partial charge in [-0.25, -0.2) is 9.67 Å². The molecule has 6 heteroatoms. The Kier molecular flexibility index (Phi) is 3.84. The molecule has 0 bridgehead atoms. The van der Waals surface area contributed by atoms with Gasteiger partial charge in [0.2, 0.25) is 0 Å². The highest BCUT2D eigenvalue weighted by atomic mass is 35.5. The van der Waals surface area contributed by atoms with E-state index in [4.69, 9.17) is 11.6 Å². The monoisotopic (exact) mass is 331 g/mol. The van der Waals surface area contributed by atoms with Gasteiger partial charge in [0.1, 0.15) is 5.15 Å². The molecule has 0 amide bonds. The van der Waals surface area contributed by atoms with E-state index in [0.717, 1.165) is 11.3 Å². The van der Waals surface area contributed by atoms with Crippen LogP contribution in [-0.4, -0.2) is 20.5 Å². The molecule has 0 saturated heterocycles. The van der Waals surface area contributed by atoms with E-state index >= 15 is 0 Å². The fourth-order valence-electron chi connectivity index (χ4n) is 3.16. The van der Waals surface area contributed by atoms with Gasteiger partial charge < -0.3 is 0 Å². The quantitative estimate of drug-likeness (QED) is 0.794. The standard InChI is InChI=1S/C17H18ClN3O2/c1-4-21-14(22)6-5-12(20-21)17(3)8-7-11-15(16(17)23)10(2)9-13(18)19-11/h5-6,9H,4,7-8H2,1-3H3. The van der Waals surface area contributed by atoms with Gasteiger partial charge in [0.15, 0.2) is 5.78 Å². The maximum absolute atomic E-state index is 13.1. The highest BCUT2D eigenvalue weighted by Gasteiger charge is 2.42. The first kappa shape index (κ1) is 15.9. The highest BCUT2D eigenvalue weighted by Crippen LogP contribution is 2.38. The Morgan fingerprint density at radius 1 is 1.35 bits per heavy atom. The van der Waals surface area contributed by atoms with Crippen molar-refractivity contribution in [2.75, 3.05) is 0 Å². The third-order valence-electron chi connectivity index (χ3n) is 4.58. The molecule has 1 aliphatic carbocycles. The summed E-state index contributed by atoms with van der Waals surface area (Å²) in [6, 6.07) is 4.85. The van der Waals surface area contributed by atoms with Crippen molar-refractivity contribution < 1.29 is 4.79 Å².